The summed E-state index contributed by atoms with van der Waals surface area (Å²) in [5, 5.41) is 5.03. The lowest BCUT2D eigenvalue weighted by Gasteiger charge is -2.36. The zero-order valence-electron chi connectivity index (χ0n) is 16.0. The van der Waals surface area contributed by atoms with E-state index in [-0.39, 0.29) is 5.69 Å². The van der Waals surface area contributed by atoms with E-state index in [1.54, 1.807) is 19.1 Å². The monoisotopic (exact) mass is 384 g/mol. The third-order valence-electron chi connectivity index (χ3n) is 4.84. The summed E-state index contributed by atoms with van der Waals surface area (Å²) in [6.07, 6.45) is 0. The molecule has 148 valence electrons. The van der Waals surface area contributed by atoms with E-state index in [0.29, 0.717) is 18.7 Å². The molecule has 0 unspecified atom stereocenters. The molecule has 0 spiro atoms. The molecule has 0 bridgehead atoms. The number of nitrogens with zero attached hydrogens (tertiary/aromatic N) is 2. The van der Waals surface area contributed by atoms with Crippen molar-refractivity contribution in [3.63, 3.8) is 0 Å². The van der Waals surface area contributed by atoms with E-state index in [2.05, 4.69) is 32.6 Å². The highest BCUT2D eigenvalue weighted by molar-refractivity contribution is 6.39. The van der Waals surface area contributed by atoms with Gasteiger partial charge in [-0.15, -0.1) is 0 Å². The predicted octanol–water partition coefficient (Wildman–Crippen LogP) is 2.01. The molecular formula is C21H25FN4O2. The van der Waals surface area contributed by atoms with Crippen LogP contribution in [0.3, 0.4) is 0 Å². The molecule has 1 fully saturated rings. The maximum absolute atomic E-state index is 13.5. The number of carbonyl (C=O) groups excluding carboxylic acids is 2. The Hall–Kier alpha value is -2.93. The van der Waals surface area contributed by atoms with Crippen LogP contribution < -0.4 is 15.5 Å². The maximum atomic E-state index is 13.5. The number of hydrogen-bond acceptors (Lipinski definition) is 4. The van der Waals surface area contributed by atoms with Crippen LogP contribution in [0.4, 0.5) is 15.8 Å². The van der Waals surface area contributed by atoms with Gasteiger partial charge in [0.1, 0.15) is 5.82 Å². The fourth-order valence-electron chi connectivity index (χ4n) is 3.13. The molecule has 2 amide bonds. The molecule has 1 aliphatic heterocycles. The molecule has 1 aliphatic rings. The molecule has 6 nitrogen and oxygen atoms in total. The fraction of sp³-hybridized carbons (Fsp3) is 0.333. The number of hydrogen-bond donors (Lipinski definition) is 2. The Bertz CT molecular complexity index is 820. The van der Waals surface area contributed by atoms with Crippen molar-refractivity contribution in [2.24, 2.45) is 0 Å². The number of nitrogens with one attached hydrogen (secondary N) is 2. The first-order valence-electron chi connectivity index (χ1n) is 9.40. The van der Waals surface area contributed by atoms with E-state index in [1.807, 2.05) is 18.2 Å². The summed E-state index contributed by atoms with van der Waals surface area (Å²) in [5.41, 5.74) is 1.97. The number of aryl methyl sites for hydroxylation is 1. The smallest absolute Gasteiger partial charge is 0.313 e. The standard InChI is InChI=1S/C21H25FN4O2/c1-16-7-8-17(15-19(16)22)24-21(28)20(27)23-9-10-25-11-13-26(14-12-25)18-5-3-2-4-6-18/h2-8,15H,9-14H2,1H3,(H,23,27)(H,24,28). The highest BCUT2D eigenvalue weighted by atomic mass is 19.1. The minimum Gasteiger partial charge on any atom is -0.369 e. The molecule has 7 heteroatoms. The van der Waals surface area contributed by atoms with Gasteiger partial charge in [-0.25, -0.2) is 4.39 Å². The predicted molar refractivity (Wildman–Crippen MR) is 108 cm³/mol. The Morgan fingerprint density at radius 3 is 2.39 bits per heavy atom. The van der Waals surface area contributed by atoms with Crippen LogP contribution in [0.1, 0.15) is 5.56 Å². The van der Waals surface area contributed by atoms with E-state index in [4.69, 9.17) is 0 Å². The second-order valence-corrected chi connectivity index (χ2v) is 6.84. The van der Waals surface area contributed by atoms with Crippen LogP contribution in [0.25, 0.3) is 0 Å². The highest BCUT2D eigenvalue weighted by Gasteiger charge is 2.18. The molecule has 1 saturated heterocycles. The number of anilines is 2. The van der Waals surface area contributed by atoms with Gasteiger partial charge < -0.3 is 15.5 Å². The molecule has 1 heterocycles. The number of para-hydroxylation sites is 1. The van der Waals surface area contributed by atoms with Crippen LogP contribution >= 0.6 is 0 Å². The van der Waals surface area contributed by atoms with Gasteiger partial charge in [0.2, 0.25) is 0 Å². The summed E-state index contributed by atoms with van der Waals surface area (Å²) < 4.78 is 13.5. The molecule has 2 N–H and O–H groups in total. The molecule has 2 aromatic carbocycles. The second-order valence-electron chi connectivity index (χ2n) is 6.84. The number of amides is 2. The number of rotatable bonds is 5. The molecular weight excluding hydrogens is 359 g/mol. The largest absolute Gasteiger partial charge is 0.369 e. The summed E-state index contributed by atoms with van der Waals surface area (Å²) in [6.45, 7) is 6.36. The Kier molecular flexibility index (Phi) is 6.60. The third-order valence-corrected chi connectivity index (χ3v) is 4.84. The van der Waals surface area contributed by atoms with Crippen LogP contribution in [-0.4, -0.2) is 56.0 Å². The minimum absolute atomic E-state index is 0.264. The van der Waals surface area contributed by atoms with Crippen molar-refractivity contribution in [2.75, 3.05) is 49.5 Å². The molecule has 3 rings (SSSR count). The highest BCUT2D eigenvalue weighted by Crippen LogP contribution is 2.15. The molecule has 0 radical (unpaired) electrons. The maximum Gasteiger partial charge on any atom is 0.313 e. The van der Waals surface area contributed by atoms with Gasteiger partial charge in [-0.1, -0.05) is 24.3 Å². The van der Waals surface area contributed by atoms with Crippen LogP contribution in [0.15, 0.2) is 48.5 Å². The van der Waals surface area contributed by atoms with E-state index < -0.39 is 17.6 Å². The van der Waals surface area contributed by atoms with Crippen molar-refractivity contribution in [1.82, 2.24) is 10.2 Å². The lowest BCUT2D eigenvalue weighted by Crippen LogP contribution is -2.49. The van der Waals surface area contributed by atoms with E-state index >= 15 is 0 Å². The van der Waals surface area contributed by atoms with Gasteiger partial charge >= 0.3 is 11.8 Å². The number of carbonyl (C=O) groups is 2. The average molecular weight is 384 g/mol. The van der Waals surface area contributed by atoms with Crippen molar-refractivity contribution in [3.8, 4) is 0 Å². The average Bonchev–Trinajstić information content (AvgIpc) is 2.72. The second kappa shape index (κ2) is 9.32. The first-order chi connectivity index (χ1) is 13.5. The zero-order valence-corrected chi connectivity index (χ0v) is 16.0. The SMILES string of the molecule is Cc1ccc(NC(=O)C(=O)NCCN2CCN(c3ccccc3)CC2)cc1F. The van der Waals surface area contributed by atoms with Crippen molar-refractivity contribution in [3.05, 3.63) is 59.9 Å². The van der Waals surface area contributed by atoms with Gasteiger partial charge in [0.05, 0.1) is 0 Å². The first-order valence-corrected chi connectivity index (χ1v) is 9.40. The van der Waals surface area contributed by atoms with Gasteiger partial charge in [0.25, 0.3) is 0 Å². The summed E-state index contributed by atoms with van der Waals surface area (Å²) in [6, 6.07) is 14.6. The number of piperazine rings is 1. The topological polar surface area (TPSA) is 64.7 Å². The summed E-state index contributed by atoms with van der Waals surface area (Å²) in [4.78, 5) is 28.5. The van der Waals surface area contributed by atoms with Crippen molar-refractivity contribution in [1.29, 1.82) is 0 Å². The summed E-state index contributed by atoms with van der Waals surface area (Å²) in [5.74, 6) is -1.94. The Labute approximate surface area is 164 Å². The van der Waals surface area contributed by atoms with Gasteiger partial charge in [0, 0.05) is 50.6 Å². The van der Waals surface area contributed by atoms with Gasteiger partial charge in [0.15, 0.2) is 0 Å². The first kappa shape index (κ1) is 19.8. The van der Waals surface area contributed by atoms with Crippen LogP contribution in [0.2, 0.25) is 0 Å². The van der Waals surface area contributed by atoms with E-state index in [1.165, 1.54) is 11.8 Å². The van der Waals surface area contributed by atoms with Crippen molar-refractivity contribution >= 4 is 23.2 Å². The summed E-state index contributed by atoms with van der Waals surface area (Å²) in [7, 11) is 0. The zero-order chi connectivity index (χ0) is 19.9. The van der Waals surface area contributed by atoms with Crippen LogP contribution in [-0.2, 0) is 9.59 Å². The summed E-state index contributed by atoms with van der Waals surface area (Å²) >= 11 is 0. The van der Waals surface area contributed by atoms with E-state index in [9.17, 15) is 14.0 Å². The van der Waals surface area contributed by atoms with Crippen molar-refractivity contribution in [2.45, 2.75) is 6.92 Å². The normalized spacial score (nSPS) is 14.6. The molecule has 2 aromatic rings. The lowest BCUT2D eigenvalue weighted by atomic mass is 10.2. The molecule has 0 aromatic heterocycles. The molecule has 0 aliphatic carbocycles. The minimum atomic E-state index is -0.794. The third kappa shape index (κ3) is 5.29. The quantitative estimate of drug-likeness (QED) is 0.774. The molecule has 0 atom stereocenters. The molecule has 0 saturated carbocycles. The van der Waals surface area contributed by atoms with Crippen molar-refractivity contribution < 1.29 is 14.0 Å². The fourth-order valence-corrected chi connectivity index (χ4v) is 3.13. The lowest BCUT2D eigenvalue weighted by molar-refractivity contribution is -0.136. The van der Waals surface area contributed by atoms with Gasteiger partial charge in [-0.2, -0.15) is 0 Å². The number of benzene rings is 2. The Balaban J connectivity index is 1.37. The van der Waals surface area contributed by atoms with Crippen LogP contribution in [0, 0.1) is 12.7 Å². The van der Waals surface area contributed by atoms with Gasteiger partial charge in [-0.3, -0.25) is 14.5 Å². The Morgan fingerprint density at radius 2 is 1.71 bits per heavy atom. The van der Waals surface area contributed by atoms with Gasteiger partial charge in [-0.05, 0) is 36.8 Å². The molecule has 28 heavy (non-hydrogen) atoms. The van der Waals surface area contributed by atoms with Crippen LogP contribution in [0.5, 0.6) is 0 Å². The number of halogens is 1. The Morgan fingerprint density at radius 1 is 1.00 bits per heavy atom. The van der Waals surface area contributed by atoms with E-state index in [0.717, 1.165) is 26.2 Å².